The molecular formula is C13H16ClNO. The number of benzene rings is 1. The van der Waals surface area contributed by atoms with Crippen molar-refractivity contribution in [2.45, 2.75) is 31.6 Å². The number of amides is 1. The molecule has 3 heteroatoms. The molecule has 1 spiro atoms. The Morgan fingerprint density at radius 3 is 2.75 bits per heavy atom. The first-order valence-corrected chi connectivity index (χ1v) is 5.62. The molecule has 0 radical (unpaired) electrons. The van der Waals surface area contributed by atoms with E-state index in [1.165, 1.54) is 12.0 Å². The van der Waals surface area contributed by atoms with E-state index in [0.717, 1.165) is 18.0 Å². The zero-order valence-electron chi connectivity index (χ0n) is 9.32. The fraction of sp³-hybridized carbons (Fsp3) is 0.462. The van der Waals surface area contributed by atoms with Crippen molar-refractivity contribution < 1.29 is 4.79 Å². The third kappa shape index (κ3) is 1.52. The van der Waals surface area contributed by atoms with Crippen molar-refractivity contribution >= 4 is 24.0 Å². The summed E-state index contributed by atoms with van der Waals surface area (Å²) in [5.74, 6) is 0.893. The zero-order valence-corrected chi connectivity index (χ0v) is 10.1. The minimum absolute atomic E-state index is 0. The maximum absolute atomic E-state index is 11.6. The van der Waals surface area contributed by atoms with Gasteiger partial charge in [0, 0.05) is 17.5 Å². The predicted octanol–water partition coefficient (Wildman–Crippen LogP) is 3.12. The molecule has 0 saturated heterocycles. The number of carbonyl (C=O) groups excluding carboxylic acids is 1. The summed E-state index contributed by atoms with van der Waals surface area (Å²) in [5, 5.41) is 3.00. The molecule has 2 aliphatic rings. The second-order valence-electron chi connectivity index (χ2n) is 4.86. The Bertz CT molecular complexity index is 432. The van der Waals surface area contributed by atoms with Crippen LogP contribution in [0.5, 0.6) is 0 Å². The molecule has 0 aromatic heterocycles. The molecular weight excluding hydrogens is 222 g/mol. The zero-order chi connectivity index (χ0) is 10.5. The average Bonchev–Trinajstić information content (AvgIpc) is 2.91. The number of para-hydroxylation sites is 1. The first-order chi connectivity index (χ1) is 7.22. The predicted molar refractivity (Wildman–Crippen MR) is 67.0 cm³/mol. The normalized spacial score (nSPS) is 31.1. The topological polar surface area (TPSA) is 29.1 Å². The molecule has 16 heavy (non-hydrogen) atoms. The first-order valence-electron chi connectivity index (χ1n) is 5.62. The molecule has 3 rings (SSSR count). The number of fused-ring (bicyclic) bond motifs is 2. The lowest BCUT2D eigenvalue weighted by Crippen LogP contribution is -2.08. The standard InChI is InChI=1S/C13H15NO.ClH/c1-9-8-13(9)7-6-12(15)14-11-5-3-2-4-10(11)13;/h2-5,9H,6-8H2,1H3,(H,14,15);1H. The van der Waals surface area contributed by atoms with Gasteiger partial charge in [0.1, 0.15) is 0 Å². The maximum atomic E-state index is 11.6. The molecule has 1 aromatic carbocycles. The SMILES string of the molecule is CC1CC12CCC(=O)Nc1ccccc12.Cl. The molecule has 1 N–H and O–H groups in total. The maximum Gasteiger partial charge on any atom is 0.224 e. The van der Waals surface area contributed by atoms with E-state index in [2.05, 4.69) is 24.4 Å². The van der Waals surface area contributed by atoms with E-state index in [4.69, 9.17) is 0 Å². The average molecular weight is 238 g/mol. The van der Waals surface area contributed by atoms with Gasteiger partial charge in [-0.2, -0.15) is 0 Å². The molecule has 2 nitrogen and oxygen atoms in total. The van der Waals surface area contributed by atoms with E-state index in [0.29, 0.717) is 11.8 Å². The summed E-state index contributed by atoms with van der Waals surface area (Å²) in [6.07, 6.45) is 2.91. The van der Waals surface area contributed by atoms with E-state index in [9.17, 15) is 4.79 Å². The summed E-state index contributed by atoms with van der Waals surface area (Å²) in [4.78, 5) is 11.6. The lowest BCUT2D eigenvalue weighted by Gasteiger charge is -2.16. The van der Waals surface area contributed by atoms with Gasteiger partial charge in [-0.05, 0) is 30.4 Å². The highest BCUT2D eigenvalue weighted by Gasteiger charge is 2.53. The fourth-order valence-electron chi connectivity index (χ4n) is 2.92. The Morgan fingerprint density at radius 2 is 2.06 bits per heavy atom. The molecule has 0 bridgehead atoms. The smallest absolute Gasteiger partial charge is 0.224 e. The van der Waals surface area contributed by atoms with Gasteiger partial charge in [0.05, 0.1) is 0 Å². The van der Waals surface area contributed by atoms with Crippen LogP contribution in [0, 0.1) is 5.92 Å². The van der Waals surface area contributed by atoms with Gasteiger partial charge in [-0.25, -0.2) is 0 Å². The minimum atomic E-state index is 0. The van der Waals surface area contributed by atoms with Crippen molar-refractivity contribution in [3.05, 3.63) is 29.8 Å². The van der Waals surface area contributed by atoms with Crippen LogP contribution in [-0.4, -0.2) is 5.91 Å². The van der Waals surface area contributed by atoms with Gasteiger partial charge in [-0.15, -0.1) is 12.4 Å². The van der Waals surface area contributed by atoms with Gasteiger partial charge in [0.25, 0.3) is 0 Å². The van der Waals surface area contributed by atoms with E-state index < -0.39 is 0 Å². The molecule has 1 amide bonds. The number of hydrogen-bond acceptors (Lipinski definition) is 1. The first kappa shape index (κ1) is 11.5. The van der Waals surface area contributed by atoms with Crippen LogP contribution < -0.4 is 5.32 Å². The van der Waals surface area contributed by atoms with Gasteiger partial charge >= 0.3 is 0 Å². The van der Waals surface area contributed by atoms with Crippen molar-refractivity contribution in [2.24, 2.45) is 5.92 Å². The lowest BCUT2D eigenvalue weighted by atomic mass is 9.89. The number of hydrogen-bond donors (Lipinski definition) is 1. The number of rotatable bonds is 0. The fourth-order valence-corrected chi connectivity index (χ4v) is 2.92. The summed E-state index contributed by atoms with van der Waals surface area (Å²) in [6.45, 7) is 2.28. The third-order valence-corrected chi connectivity index (χ3v) is 3.99. The Labute approximate surface area is 102 Å². The Kier molecular flexibility index (Phi) is 2.70. The van der Waals surface area contributed by atoms with Crippen LogP contribution in [0.1, 0.15) is 31.7 Å². The molecule has 1 fully saturated rings. The van der Waals surface area contributed by atoms with Gasteiger partial charge in [0.2, 0.25) is 5.91 Å². The summed E-state index contributed by atoms with van der Waals surface area (Å²) in [7, 11) is 0. The van der Waals surface area contributed by atoms with Gasteiger partial charge in [0.15, 0.2) is 0 Å². The van der Waals surface area contributed by atoms with E-state index >= 15 is 0 Å². The largest absolute Gasteiger partial charge is 0.326 e. The second kappa shape index (κ2) is 3.77. The van der Waals surface area contributed by atoms with Gasteiger partial charge in [-0.3, -0.25) is 4.79 Å². The number of carbonyl (C=O) groups is 1. The van der Waals surface area contributed by atoms with E-state index in [1.54, 1.807) is 0 Å². The highest BCUT2D eigenvalue weighted by atomic mass is 35.5. The molecule has 86 valence electrons. The molecule has 1 aromatic rings. The summed E-state index contributed by atoms with van der Waals surface area (Å²) >= 11 is 0. The van der Waals surface area contributed by atoms with Crippen molar-refractivity contribution in [3.8, 4) is 0 Å². The van der Waals surface area contributed by atoms with Crippen molar-refractivity contribution in [3.63, 3.8) is 0 Å². The van der Waals surface area contributed by atoms with E-state index in [-0.39, 0.29) is 18.3 Å². The van der Waals surface area contributed by atoms with Crippen LogP contribution in [0.25, 0.3) is 0 Å². The Balaban J connectivity index is 0.000000963. The number of halogens is 1. The van der Waals surface area contributed by atoms with Crippen molar-refractivity contribution in [2.75, 3.05) is 5.32 Å². The number of nitrogens with one attached hydrogen (secondary N) is 1. The van der Waals surface area contributed by atoms with Crippen LogP contribution in [0.4, 0.5) is 5.69 Å². The minimum Gasteiger partial charge on any atom is -0.326 e. The third-order valence-electron chi connectivity index (χ3n) is 3.99. The van der Waals surface area contributed by atoms with Crippen LogP contribution in [0.3, 0.4) is 0 Å². The molecule has 1 aliphatic heterocycles. The van der Waals surface area contributed by atoms with Crippen LogP contribution in [0.2, 0.25) is 0 Å². The summed E-state index contributed by atoms with van der Waals surface area (Å²) < 4.78 is 0. The summed E-state index contributed by atoms with van der Waals surface area (Å²) in [5.41, 5.74) is 2.68. The second-order valence-corrected chi connectivity index (χ2v) is 4.86. The Morgan fingerprint density at radius 1 is 1.38 bits per heavy atom. The van der Waals surface area contributed by atoms with Crippen molar-refractivity contribution in [1.29, 1.82) is 0 Å². The van der Waals surface area contributed by atoms with Crippen molar-refractivity contribution in [1.82, 2.24) is 0 Å². The molecule has 1 heterocycles. The van der Waals surface area contributed by atoms with Crippen LogP contribution >= 0.6 is 12.4 Å². The Hall–Kier alpha value is -1.02. The molecule has 1 aliphatic carbocycles. The highest BCUT2D eigenvalue weighted by molar-refractivity contribution is 5.93. The summed E-state index contributed by atoms with van der Waals surface area (Å²) in [6, 6.07) is 8.25. The van der Waals surface area contributed by atoms with E-state index in [1.807, 2.05) is 12.1 Å². The van der Waals surface area contributed by atoms with Gasteiger partial charge in [-0.1, -0.05) is 25.1 Å². The van der Waals surface area contributed by atoms with Crippen LogP contribution in [0.15, 0.2) is 24.3 Å². The monoisotopic (exact) mass is 237 g/mol. The van der Waals surface area contributed by atoms with Gasteiger partial charge < -0.3 is 5.32 Å². The molecule has 1 saturated carbocycles. The highest BCUT2D eigenvalue weighted by Crippen LogP contribution is 2.59. The van der Waals surface area contributed by atoms with Crippen LogP contribution in [-0.2, 0) is 10.2 Å². The number of anilines is 1. The molecule has 2 atom stereocenters. The molecule has 2 unspecified atom stereocenters. The quantitative estimate of drug-likeness (QED) is 0.738. The lowest BCUT2D eigenvalue weighted by molar-refractivity contribution is -0.116.